The average molecular weight is 289 g/mol. The van der Waals surface area contributed by atoms with Crippen LogP contribution >= 0.6 is 0 Å². The molecule has 5 nitrogen and oxygen atoms in total. The predicted molar refractivity (Wildman–Crippen MR) is 72.0 cm³/mol. The molecule has 7 heteroatoms. The minimum absolute atomic E-state index is 0.175. The lowest BCUT2D eigenvalue weighted by atomic mass is 10.1. The molecule has 3 heterocycles. The molecule has 0 saturated carbocycles. The van der Waals surface area contributed by atoms with E-state index in [2.05, 4.69) is 15.3 Å². The van der Waals surface area contributed by atoms with Crippen LogP contribution in [0.5, 0.6) is 0 Å². The lowest BCUT2D eigenvalue weighted by Crippen LogP contribution is -2.14. The van der Waals surface area contributed by atoms with Crippen LogP contribution in [-0.2, 0) is 6.42 Å². The van der Waals surface area contributed by atoms with Gasteiger partial charge >= 0.3 is 5.82 Å². The fourth-order valence-electron chi connectivity index (χ4n) is 2.12. The van der Waals surface area contributed by atoms with Crippen LogP contribution < -0.4 is 5.32 Å². The lowest BCUT2D eigenvalue weighted by Gasteiger charge is -2.05. The number of pyridine rings is 2. The summed E-state index contributed by atoms with van der Waals surface area (Å²) in [5, 5.41) is 2.35. The van der Waals surface area contributed by atoms with Gasteiger partial charge in [0.15, 0.2) is 6.20 Å². The number of carbonyl (C=O) groups is 1. The van der Waals surface area contributed by atoms with Crippen LogP contribution in [0.3, 0.4) is 0 Å². The maximum Gasteiger partial charge on any atom is 0.326 e. The first-order valence-electron chi connectivity index (χ1n) is 6.23. The molecular formula is C14H11F2N4O+. The molecule has 2 aromatic heterocycles. The van der Waals surface area contributed by atoms with Gasteiger partial charge in [-0.15, -0.1) is 0 Å². The molecule has 0 bridgehead atoms. The Labute approximate surface area is 119 Å². The SMILES string of the molecule is C[N+]1=CCc2cc(C(=O)Nc3ccc(F)nc3F)cnc21. The summed E-state index contributed by atoms with van der Waals surface area (Å²) in [4.78, 5) is 19.3. The number of rotatable bonds is 2. The van der Waals surface area contributed by atoms with Crippen molar-refractivity contribution >= 4 is 23.6 Å². The molecule has 0 radical (unpaired) electrons. The van der Waals surface area contributed by atoms with Gasteiger partial charge in [0, 0.05) is 6.42 Å². The monoisotopic (exact) mass is 289 g/mol. The van der Waals surface area contributed by atoms with Crippen LogP contribution in [0.25, 0.3) is 0 Å². The van der Waals surface area contributed by atoms with Crippen molar-refractivity contribution in [2.24, 2.45) is 0 Å². The second-order valence-corrected chi connectivity index (χ2v) is 4.63. The highest BCUT2D eigenvalue weighted by atomic mass is 19.1. The summed E-state index contributed by atoms with van der Waals surface area (Å²) < 4.78 is 28.0. The number of amides is 1. The molecule has 0 fully saturated rings. The molecule has 0 aliphatic carbocycles. The predicted octanol–water partition coefficient (Wildman–Crippen LogP) is 1.91. The van der Waals surface area contributed by atoms with Gasteiger partial charge in [-0.2, -0.15) is 13.8 Å². The summed E-state index contributed by atoms with van der Waals surface area (Å²) in [6, 6.07) is 3.80. The first-order valence-corrected chi connectivity index (χ1v) is 6.23. The van der Waals surface area contributed by atoms with E-state index < -0.39 is 17.8 Å². The zero-order valence-corrected chi connectivity index (χ0v) is 11.1. The van der Waals surface area contributed by atoms with E-state index in [-0.39, 0.29) is 5.69 Å². The zero-order valence-electron chi connectivity index (χ0n) is 11.1. The normalized spacial score (nSPS) is 12.8. The molecule has 106 valence electrons. The van der Waals surface area contributed by atoms with E-state index in [9.17, 15) is 13.6 Å². The molecule has 3 rings (SSSR count). The van der Waals surface area contributed by atoms with E-state index in [1.54, 1.807) is 6.07 Å². The Kier molecular flexibility index (Phi) is 3.17. The van der Waals surface area contributed by atoms with E-state index >= 15 is 0 Å². The molecule has 1 aliphatic heterocycles. The molecule has 21 heavy (non-hydrogen) atoms. The highest BCUT2D eigenvalue weighted by Gasteiger charge is 2.22. The second-order valence-electron chi connectivity index (χ2n) is 4.63. The van der Waals surface area contributed by atoms with Crippen molar-refractivity contribution < 1.29 is 18.2 Å². The zero-order chi connectivity index (χ0) is 15.0. The molecule has 2 aromatic rings. The Bertz CT molecular complexity index is 774. The van der Waals surface area contributed by atoms with Crippen LogP contribution in [-0.4, -0.2) is 33.7 Å². The fourth-order valence-corrected chi connectivity index (χ4v) is 2.12. The highest BCUT2D eigenvalue weighted by molar-refractivity contribution is 6.04. The second kappa shape index (κ2) is 5.01. The van der Waals surface area contributed by atoms with Gasteiger partial charge in [-0.3, -0.25) is 4.79 Å². The fraction of sp³-hybridized carbons (Fsp3) is 0.143. The molecule has 0 spiro atoms. The topological polar surface area (TPSA) is 57.9 Å². The summed E-state index contributed by atoms with van der Waals surface area (Å²) in [5.41, 5.74) is 1.05. The van der Waals surface area contributed by atoms with Crippen LogP contribution in [0.4, 0.5) is 20.3 Å². The lowest BCUT2D eigenvalue weighted by molar-refractivity contribution is -0.400. The van der Waals surface area contributed by atoms with E-state index in [4.69, 9.17) is 0 Å². The third kappa shape index (κ3) is 2.49. The van der Waals surface area contributed by atoms with Gasteiger partial charge < -0.3 is 5.32 Å². The number of hydrogen-bond donors (Lipinski definition) is 1. The van der Waals surface area contributed by atoms with Crippen molar-refractivity contribution in [2.45, 2.75) is 6.42 Å². The van der Waals surface area contributed by atoms with Crippen LogP contribution in [0.15, 0.2) is 24.4 Å². The minimum Gasteiger partial charge on any atom is -0.318 e. The van der Waals surface area contributed by atoms with E-state index in [1.165, 1.54) is 6.20 Å². The number of nitrogens with zero attached hydrogens (tertiary/aromatic N) is 3. The summed E-state index contributed by atoms with van der Waals surface area (Å²) in [6.07, 6.45) is 4.05. The van der Waals surface area contributed by atoms with Crippen molar-refractivity contribution in [1.29, 1.82) is 0 Å². The van der Waals surface area contributed by atoms with Crippen LogP contribution in [0, 0.1) is 11.9 Å². The maximum atomic E-state index is 13.4. The van der Waals surface area contributed by atoms with Crippen molar-refractivity contribution in [3.05, 3.63) is 47.4 Å². The van der Waals surface area contributed by atoms with Crippen LogP contribution in [0.1, 0.15) is 15.9 Å². The largest absolute Gasteiger partial charge is 0.326 e. The van der Waals surface area contributed by atoms with Crippen molar-refractivity contribution in [3.63, 3.8) is 0 Å². The molecule has 0 unspecified atom stereocenters. The Morgan fingerprint density at radius 2 is 2.19 bits per heavy atom. The molecule has 1 amide bonds. The van der Waals surface area contributed by atoms with Gasteiger partial charge in [0.1, 0.15) is 0 Å². The van der Waals surface area contributed by atoms with Gasteiger partial charge in [-0.1, -0.05) is 0 Å². The van der Waals surface area contributed by atoms with E-state index in [0.29, 0.717) is 12.0 Å². The summed E-state index contributed by atoms with van der Waals surface area (Å²) in [7, 11) is 1.87. The molecular weight excluding hydrogens is 278 g/mol. The number of nitrogens with one attached hydrogen (secondary N) is 1. The first kappa shape index (κ1) is 13.3. The summed E-state index contributed by atoms with van der Waals surface area (Å²) in [6.45, 7) is 0. The van der Waals surface area contributed by atoms with E-state index in [0.717, 1.165) is 23.5 Å². The molecule has 0 saturated heterocycles. The molecule has 1 aliphatic rings. The molecule has 0 aromatic carbocycles. The van der Waals surface area contributed by atoms with Gasteiger partial charge in [-0.05, 0) is 23.2 Å². The smallest absolute Gasteiger partial charge is 0.318 e. The average Bonchev–Trinajstić information content (AvgIpc) is 2.83. The van der Waals surface area contributed by atoms with Crippen molar-refractivity contribution in [3.8, 4) is 0 Å². The quantitative estimate of drug-likeness (QED) is 0.678. The van der Waals surface area contributed by atoms with Crippen molar-refractivity contribution in [2.75, 3.05) is 12.4 Å². The van der Waals surface area contributed by atoms with Gasteiger partial charge in [-0.25, -0.2) is 4.58 Å². The Morgan fingerprint density at radius 3 is 2.95 bits per heavy atom. The Hall–Kier alpha value is -2.70. The van der Waals surface area contributed by atoms with E-state index in [1.807, 2.05) is 17.8 Å². The number of fused-ring (bicyclic) bond motifs is 1. The summed E-state index contributed by atoms with van der Waals surface area (Å²) in [5.74, 6) is -1.73. The van der Waals surface area contributed by atoms with Crippen molar-refractivity contribution in [1.82, 2.24) is 9.97 Å². The Morgan fingerprint density at radius 1 is 1.38 bits per heavy atom. The first-order chi connectivity index (χ1) is 10.0. The van der Waals surface area contributed by atoms with Crippen LogP contribution in [0.2, 0.25) is 0 Å². The molecule has 1 N–H and O–H groups in total. The number of anilines is 1. The highest BCUT2D eigenvalue weighted by Crippen LogP contribution is 2.21. The number of aromatic nitrogens is 2. The summed E-state index contributed by atoms with van der Waals surface area (Å²) >= 11 is 0. The maximum absolute atomic E-state index is 13.4. The number of halogens is 2. The van der Waals surface area contributed by atoms with Gasteiger partial charge in [0.2, 0.25) is 11.9 Å². The van der Waals surface area contributed by atoms with Gasteiger partial charge in [0.05, 0.1) is 30.1 Å². The number of carbonyl (C=O) groups excluding carboxylic acids is 1. The third-order valence-electron chi connectivity index (χ3n) is 3.19. The van der Waals surface area contributed by atoms with Gasteiger partial charge in [0.25, 0.3) is 5.91 Å². The third-order valence-corrected chi connectivity index (χ3v) is 3.19. The molecule has 0 atom stereocenters. The minimum atomic E-state index is -1.06. The standard InChI is InChI=1S/C14H10F2N4O/c1-20-5-4-8-6-9(7-17-13(8)20)14(21)18-10-2-3-11(15)19-12(10)16/h2-3,5-7H,4H2,1H3/p+1. The number of hydrogen-bond acceptors (Lipinski definition) is 3. The Balaban J connectivity index is 1.83.